The number of benzene rings is 2. The van der Waals surface area contributed by atoms with Gasteiger partial charge in [-0.2, -0.15) is 0 Å². The Bertz CT molecular complexity index is 798. The number of cyclic esters (lactones) is 1. The van der Waals surface area contributed by atoms with Gasteiger partial charge < -0.3 is 20.7 Å². The van der Waals surface area contributed by atoms with Crippen LogP contribution in [0, 0.1) is 0 Å². The second kappa shape index (κ2) is 8.10. The van der Waals surface area contributed by atoms with E-state index in [1.807, 2.05) is 36.4 Å². The van der Waals surface area contributed by atoms with Crippen LogP contribution in [0.15, 0.2) is 48.5 Å². The van der Waals surface area contributed by atoms with E-state index >= 15 is 0 Å². The van der Waals surface area contributed by atoms with E-state index in [0.29, 0.717) is 10.7 Å². The molecule has 1 fully saturated rings. The van der Waals surface area contributed by atoms with Crippen LogP contribution < -0.4 is 16.0 Å². The van der Waals surface area contributed by atoms with Crippen molar-refractivity contribution in [3.63, 3.8) is 0 Å². The molecule has 1 heterocycles. The topological polar surface area (TPSA) is 79.5 Å². The van der Waals surface area contributed by atoms with E-state index in [4.69, 9.17) is 16.3 Å². The lowest BCUT2D eigenvalue weighted by molar-refractivity contribution is -0.116. The minimum atomic E-state index is -0.492. The zero-order valence-electron chi connectivity index (χ0n) is 14.3. The fraction of sp³-hybridized carbons (Fsp3) is 0.263. The zero-order chi connectivity index (χ0) is 18.5. The van der Waals surface area contributed by atoms with Gasteiger partial charge in [0, 0.05) is 11.7 Å². The van der Waals surface area contributed by atoms with Gasteiger partial charge in [-0.15, -0.1) is 0 Å². The second-order valence-corrected chi connectivity index (χ2v) is 6.57. The van der Waals surface area contributed by atoms with Crippen molar-refractivity contribution in [2.45, 2.75) is 25.4 Å². The van der Waals surface area contributed by atoms with Crippen molar-refractivity contribution in [2.24, 2.45) is 0 Å². The van der Waals surface area contributed by atoms with Crippen LogP contribution in [0.2, 0.25) is 5.02 Å². The van der Waals surface area contributed by atoms with Crippen molar-refractivity contribution in [3.8, 4) is 0 Å². The van der Waals surface area contributed by atoms with Crippen LogP contribution in [0.4, 0.5) is 16.2 Å². The zero-order valence-corrected chi connectivity index (χ0v) is 15.0. The number of halogens is 1. The first-order valence-corrected chi connectivity index (χ1v) is 8.73. The Morgan fingerprint density at radius 1 is 1.31 bits per heavy atom. The number of amides is 2. The lowest BCUT2D eigenvalue weighted by Crippen LogP contribution is -2.30. The van der Waals surface area contributed by atoms with Crippen LogP contribution in [0.1, 0.15) is 24.9 Å². The van der Waals surface area contributed by atoms with E-state index in [0.717, 1.165) is 11.3 Å². The average Bonchev–Trinajstić information content (AvgIpc) is 3.02. The number of hydrogen-bond acceptors (Lipinski definition) is 4. The summed E-state index contributed by atoms with van der Waals surface area (Å²) >= 11 is 6.34. The largest absolute Gasteiger partial charge is 0.447 e. The monoisotopic (exact) mass is 373 g/mol. The summed E-state index contributed by atoms with van der Waals surface area (Å²) in [7, 11) is 0. The van der Waals surface area contributed by atoms with Crippen molar-refractivity contribution >= 4 is 35.0 Å². The lowest BCUT2D eigenvalue weighted by Gasteiger charge is -2.17. The molecule has 0 bridgehead atoms. The first kappa shape index (κ1) is 18.1. The van der Waals surface area contributed by atoms with Crippen LogP contribution in [-0.2, 0) is 9.53 Å². The smallest absolute Gasteiger partial charge is 0.407 e. The highest BCUT2D eigenvalue weighted by Gasteiger charge is 2.24. The van der Waals surface area contributed by atoms with Gasteiger partial charge in [-0.1, -0.05) is 41.9 Å². The number of hydrogen-bond donors (Lipinski definition) is 3. The molecular weight excluding hydrogens is 354 g/mol. The first-order chi connectivity index (χ1) is 12.5. The number of anilines is 2. The maximum atomic E-state index is 12.1. The van der Waals surface area contributed by atoms with E-state index in [2.05, 4.69) is 22.9 Å². The molecule has 136 valence electrons. The van der Waals surface area contributed by atoms with Gasteiger partial charge >= 0.3 is 6.09 Å². The van der Waals surface area contributed by atoms with Crippen LogP contribution in [0.3, 0.4) is 0 Å². The Morgan fingerprint density at radius 3 is 2.73 bits per heavy atom. The van der Waals surface area contributed by atoms with Crippen LogP contribution in [-0.4, -0.2) is 24.6 Å². The van der Waals surface area contributed by atoms with Crippen molar-refractivity contribution in [2.75, 3.05) is 17.2 Å². The van der Waals surface area contributed by atoms with Gasteiger partial charge in [0.05, 0.1) is 23.2 Å². The third-order valence-electron chi connectivity index (χ3n) is 4.09. The van der Waals surface area contributed by atoms with Gasteiger partial charge in [-0.25, -0.2) is 4.79 Å². The highest BCUT2D eigenvalue weighted by Crippen LogP contribution is 2.29. The van der Waals surface area contributed by atoms with Gasteiger partial charge in [0.2, 0.25) is 5.91 Å². The quantitative estimate of drug-likeness (QED) is 0.716. The number of ether oxygens (including phenoxy) is 1. The van der Waals surface area contributed by atoms with Crippen LogP contribution in [0.25, 0.3) is 0 Å². The molecule has 1 unspecified atom stereocenters. The van der Waals surface area contributed by atoms with Gasteiger partial charge in [-0.3, -0.25) is 4.79 Å². The molecule has 3 N–H and O–H groups in total. The maximum absolute atomic E-state index is 12.1. The summed E-state index contributed by atoms with van der Waals surface area (Å²) in [6, 6.07) is 15.2. The molecule has 1 aliphatic rings. The molecule has 6 nitrogen and oxygen atoms in total. The average molecular weight is 374 g/mol. The summed E-state index contributed by atoms with van der Waals surface area (Å²) < 4.78 is 4.77. The molecule has 2 atom stereocenters. The van der Waals surface area contributed by atoms with Gasteiger partial charge in [0.25, 0.3) is 0 Å². The van der Waals surface area contributed by atoms with Gasteiger partial charge in [-0.05, 0) is 30.7 Å². The van der Waals surface area contributed by atoms with E-state index < -0.39 is 6.09 Å². The minimum Gasteiger partial charge on any atom is -0.447 e. The van der Waals surface area contributed by atoms with E-state index in [1.165, 1.54) is 0 Å². The number of carbonyl (C=O) groups is 2. The number of rotatable bonds is 6. The summed E-state index contributed by atoms with van der Waals surface area (Å²) in [6.07, 6.45) is -0.345. The van der Waals surface area contributed by atoms with Crippen molar-refractivity contribution in [3.05, 3.63) is 59.1 Å². The number of carbonyl (C=O) groups excluding carboxylic acids is 2. The van der Waals surface area contributed by atoms with Gasteiger partial charge in [0.1, 0.15) is 6.61 Å². The molecule has 0 radical (unpaired) electrons. The van der Waals surface area contributed by atoms with Gasteiger partial charge in [0.15, 0.2) is 0 Å². The van der Waals surface area contributed by atoms with E-state index in [-0.39, 0.29) is 31.0 Å². The fourth-order valence-corrected chi connectivity index (χ4v) is 2.98. The normalized spacial score (nSPS) is 17.2. The predicted octanol–water partition coefficient (Wildman–Crippen LogP) is 3.95. The predicted molar refractivity (Wildman–Crippen MR) is 101 cm³/mol. The molecule has 1 saturated heterocycles. The SMILES string of the molecule is CC(Nc1ccc(NC(=O)C[C@H]2COC(=O)N2)cc1Cl)c1ccccc1. The van der Waals surface area contributed by atoms with Crippen LogP contribution in [0.5, 0.6) is 0 Å². The second-order valence-electron chi connectivity index (χ2n) is 6.16. The van der Waals surface area contributed by atoms with E-state index in [1.54, 1.807) is 12.1 Å². The first-order valence-electron chi connectivity index (χ1n) is 8.35. The Balaban J connectivity index is 1.58. The van der Waals surface area contributed by atoms with E-state index in [9.17, 15) is 9.59 Å². The fourth-order valence-electron chi connectivity index (χ4n) is 2.74. The molecule has 0 aliphatic carbocycles. The third kappa shape index (κ3) is 4.67. The lowest BCUT2D eigenvalue weighted by atomic mass is 10.1. The molecule has 1 aliphatic heterocycles. The Hall–Kier alpha value is -2.73. The maximum Gasteiger partial charge on any atom is 0.407 e. The number of nitrogens with one attached hydrogen (secondary N) is 3. The molecule has 0 aromatic heterocycles. The van der Waals surface area contributed by atoms with Crippen molar-refractivity contribution in [1.82, 2.24) is 5.32 Å². The van der Waals surface area contributed by atoms with Crippen LogP contribution >= 0.6 is 11.6 Å². The molecule has 0 saturated carbocycles. The molecule has 2 aromatic rings. The molecule has 0 spiro atoms. The standard InChI is InChI=1S/C19H20ClN3O3/c1-12(13-5-3-2-4-6-13)21-17-8-7-14(9-16(17)20)22-18(24)10-15-11-26-19(25)23-15/h2-9,12,15,21H,10-11H2,1H3,(H,22,24)(H,23,25)/t12?,15-/m0/s1. The highest BCUT2D eigenvalue weighted by atomic mass is 35.5. The molecule has 7 heteroatoms. The summed E-state index contributed by atoms with van der Waals surface area (Å²) in [5.41, 5.74) is 2.54. The third-order valence-corrected chi connectivity index (χ3v) is 4.41. The molecule has 26 heavy (non-hydrogen) atoms. The highest BCUT2D eigenvalue weighted by molar-refractivity contribution is 6.33. The Morgan fingerprint density at radius 2 is 2.08 bits per heavy atom. The Kier molecular flexibility index (Phi) is 5.63. The summed E-state index contributed by atoms with van der Waals surface area (Å²) in [5.74, 6) is -0.213. The molecule has 3 rings (SSSR count). The minimum absolute atomic E-state index is 0.0973. The Labute approximate surface area is 156 Å². The molecular formula is C19H20ClN3O3. The summed E-state index contributed by atoms with van der Waals surface area (Å²) in [6.45, 7) is 2.26. The van der Waals surface area contributed by atoms with Crippen molar-refractivity contribution in [1.29, 1.82) is 0 Å². The van der Waals surface area contributed by atoms with Crippen molar-refractivity contribution < 1.29 is 14.3 Å². The molecule has 2 amide bonds. The number of alkyl carbamates (subject to hydrolysis) is 1. The molecule has 2 aromatic carbocycles. The summed E-state index contributed by atoms with van der Waals surface area (Å²) in [5, 5.41) is 9.23. The summed E-state index contributed by atoms with van der Waals surface area (Å²) in [4.78, 5) is 23.0.